The van der Waals surface area contributed by atoms with Crippen LogP contribution in [-0.4, -0.2) is 20.9 Å². The number of nitrogens with zero attached hydrogens (tertiary/aromatic N) is 3. The second kappa shape index (κ2) is 5.01. The molecule has 3 aliphatic rings. The summed E-state index contributed by atoms with van der Waals surface area (Å²) in [6.45, 7) is 0. The van der Waals surface area contributed by atoms with Crippen LogP contribution in [-0.2, 0) is 5.41 Å². The third-order valence-electron chi connectivity index (χ3n) is 5.54. The Bertz CT molecular complexity index is 740. The lowest BCUT2D eigenvalue weighted by Crippen LogP contribution is -2.45. The van der Waals surface area contributed by atoms with Crippen LogP contribution in [0.3, 0.4) is 0 Å². The largest absolute Gasteiger partial charge is 0.311 e. The van der Waals surface area contributed by atoms with E-state index in [0.717, 1.165) is 11.6 Å². The Morgan fingerprint density at radius 2 is 1.74 bits per heavy atom. The first kappa shape index (κ1) is 14.4. The standard InChI is InChI=1S/C18H19FIN3/c19-13-9-18(10-13,12-3-5-14(20)6-4-12)17-22-21-16(11-1-2-11)23(17)15-7-8-15/h3-6,11,13,15H,1-2,7-10H2/t13-,18-. The van der Waals surface area contributed by atoms with Gasteiger partial charge in [-0.1, -0.05) is 12.1 Å². The molecule has 1 aromatic heterocycles. The van der Waals surface area contributed by atoms with Gasteiger partial charge in [0.25, 0.3) is 0 Å². The zero-order valence-electron chi connectivity index (χ0n) is 12.9. The van der Waals surface area contributed by atoms with Gasteiger partial charge < -0.3 is 4.57 Å². The van der Waals surface area contributed by atoms with Crippen LogP contribution in [0.5, 0.6) is 0 Å². The fourth-order valence-corrected chi connectivity index (χ4v) is 4.31. The quantitative estimate of drug-likeness (QED) is 0.678. The monoisotopic (exact) mass is 423 g/mol. The molecule has 1 aromatic carbocycles. The number of alkyl halides is 1. The smallest absolute Gasteiger partial charge is 0.144 e. The van der Waals surface area contributed by atoms with E-state index in [9.17, 15) is 4.39 Å². The van der Waals surface area contributed by atoms with Crippen molar-refractivity contribution >= 4 is 22.6 Å². The number of hydrogen-bond donors (Lipinski definition) is 0. The minimum atomic E-state index is -0.719. The van der Waals surface area contributed by atoms with Gasteiger partial charge in [0.05, 0.1) is 5.41 Å². The molecule has 3 nitrogen and oxygen atoms in total. The van der Waals surface area contributed by atoms with Crippen molar-refractivity contribution < 1.29 is 4.39 Å². The molecule has 2 aromatic rings. The first-order valence-corrected chi connectivity index (χ1v) is 9.61. The van der Waals surface area contributed by atoms with E-state index >= 15 is 0 Å². The highest BCUT2D eigenvalue weighted by Gasteiger charge is 2.52. The molecule has 5 heteroatoms. The van der Waals surface area contributed by atoms with Crippen LogP contribution >= 0.6 is 22.6 Å². The lowest BCUT2D eigenvalue weighted by atomic mass is 9.62. The molecule has 5 rings (SSSR count). The van der Waals surface area contributed by atoms with Gasteiger partial charge in [-0.05, 0) is 78.8 Å². The molecule has 0 bridgehead atoms. The third-order valence-corrected chi connectivity index (χ3v) is 6.26. The van der Waals surface area contributed by atoms with E-state index in [-0.39, 0.29) is 5.41 Å². The van der Waals surface area contributed by atoms with Crippen LogP contribution in [0.2, 0.25) is 0 Å². The normalized spacial score (nSPS) is 30.3. The van der Waals surface area contributed by atoms with Crippen LogP contribution in [0.1, 0.15) is 67.7 Å². The second-order valence-electron chi connectivity index (χ2n) is 7.35. The Morgan fingerprint density at radius 1 is 1.04 bits per heavy atom. The van der Waals surface area contributed by atoms with E-state index in [4.69, 9.17) is 0 Å². The van der Waals surface area contributed by atoms with Gasteiger partial charge in [-0.15, -0.1) is 10.2 Å². The van der Waals surface area contributed by atoms with Crippen molar-refractivity contribution in [1.82, 2.24) is 14.8 Å². The van der Waals surface area contributed by atoms with Gasteiger partial charge in [-0.3, -0.25) is 0 Å². The van der Waals surface area contributed by atoms with Crippen LogP contribution in [0.4, 0.5) is 4.39 Å². The molecule has 0 amide bonds. The van der Waals surface area contributed by atoms with Gasteiger partial charge in [-0.25, -0.2) is 4.39 Å². The Morgan fingerprint density at radius 3 is 2.30 bits per heavy atom. The summed E-state index contributed by atoms with van der Waals surface area (Å²) in [6.07, 6.45) is 5.26. The molecular weight excluding hydrogens is 404 g/mol. The van der Waals surface area contributed by atoms with Crippen LogP contribution in [0.15, 0.2) is 24.3 Å². The summed E-state index contributed by atoms with van der Waals surface area (Å²) in [5.41, 5.74) is 0.926. The zero-order chi connectivity index (χ0) is 15.6. The highest BCUT2D eigenvalue weighted by molar-refractivity contribution is 14.1. The van der Waals surface area contributed by atoms with Gasteiger partial charge in [0.1, 0.15) is 17.8 Å². The van der Waals surface area contributed by atoms with Crippen LogP contribution in [0, 0.1) is 3.57 Å². The number of benzene rings is 1. The van der Waals surface area contributed by atoms with Crippen molar-refractivity contribution in [3.63, 3.8) is 0 Å². The molecule has 3 saturated carbocycles. The predicted octanol–water partition coefficient (Wildman–Crippen LogP) is 4.51. The average molecular weight is 423 g/mol. The zero-order valence-corrected chi connectivity index (χ0v) is 15.0. The topological polar surface area (TPSA) is 30.7 Å². The maximum absolute atomic E-state index is 13.9. The van der Waals surface area contributed by atoms with E-state index in [0.29, 0.717) is 24.8 Å². The number of rotatable bonds is 4. The summed E-state index contributed by atoms with van der Waals surface area (Å²) < 4.78 is 17.5. The average Bonchev–Trinajstić information content (AvgIpc) is 3.43. The molecule has 0 N–H and O–H groups in total. The van der Waals surface area contributed by atoms with Gasteiger partial charge in [-0.2, -0.15) is 0 Å². The molecule has 3 aliphatic carbocycles. The molecule has 23 heavy (non-hydrogen) atoms. The van der Waals surface area contributed by atoms with Gasteiger partial charge in [0, 0.05) is 15.5 Å². The third kappa shape index (κ3) is 2.26. The van der Waals surface area contributed by atoms with E-state index in [1.165, 1.54) is 34.8 Å². The Balaban J connectivity index is 1.64. The van der Waals surface area contributed by atoms with E-state index in [2.05, 4.69) is 61.6 Å². The molecule has 120 valence electrons. The molecule has 0 radical (unpaired) electrons. The number of hydrogen-bond acceptors (Lipinski definition) is 2. The Hall–Kier alpha value is -0.980. The van der Waals surface area contributed by atoms with Crippen LogP contribution < -0.4 is 0 Å². The maximum atomic E-state index is 13.9. The molecule has 0 unspecified atom stereocenters. The summed E-state index contributed by atoms with van der Waals surface area (Å²) in [5.74, 6) is 2.78. The Kier molecular flexibility index (Phi) is 3.13. The fraction of sp³-hybridized carbons (Fsp3) is 0.556. The summed E-state index contributed by atoms with van der Waals surface area (Å²) in [5, 5.41) is 9.15. The fourth-order valence-electron chi connectivity index (χ4n) is 3.96. The molecular formula is C18H19FIN3. The van der Waals surface area contributed by atoms with E-state index < -0.39 is 6.17 Å². The minimum Gasteiger partial charge on any atom is -0.311 e. The van der Waals surface area contributed by atoms with E-state index in [1.807, 2.05) is 0 Å². The predicted molar refractivity (Wildman–Crippen MR) is 94.3 cm³/mol. The first-order valence-electron chi connectivity index (χ1n) is 8.53. The molecule has 0 spiro atoms. The van der Waals surface area contributed by atoms with Crippen molar-refractivity contribution in [2.45, 2.75) is 62.1 Å². The number of aromatic nitrogens is 3. The number of halogens is 2. The highest BCUT2D eigenvalue weighted by Crippen LogP contribution is 2.53. The summed E-state index contributed by atoms with van der Waals surface area (Å²) >= 11 is 2.31. The van der Waals surface area contributed by atoms with Crippen molar-refractivity contribution in [3.05, 3.63) is 45.0 Å². The molecule has 3 fully saturated rings. The lowest BCUT2D eigenvalue weighted by molar-refractivity contribution is 0.113. The van der Waals surface area contributed by atoms with Gasteiger partial charge in [0.2, 0.25) is 0 Å². The summed E-state index contributed by atoms with van der Waals surface area (Å²) in [7, 11) is 0. The van der Waals surface area contributed by atoms with Crippen molar-refractivity contribution in [1.29, 1.82) is 0 Å². The molecule has 0 aliphatic heterocycles. The minimum absolute atomic E-state index is 0.271. The van der Waals surface area contributed by atoms with Crippen molar-refractivity contribution in [2.24, 2.45) is 0 Å². The maximum Gasteiger partial charge on any atom is 0.144 e. The SMILES string of the molecule is F[C@H]1C[C@](c2ccc(I)cc2)(c2nnc(C3CC3)n2C2CC2)C1. The van der Waals surface area contributed by atoms with Crippen molar-refractivity contribution in [2.75, 3.05) is 0 Å². The lowest BCUT2D eigenvalue weighted by Gasteiger charge is -2.44. The van der Waals surface area contributed by atoms with Crippen LogP contribution in [0.25, 0.3) is 0 Å². The van der Waals surface area contributed by atoms with Crippen molar-refractivity contribution in [3.8, 4) is 0 Å². The highest BCUT2D eigenvalue weighted by atomic mass is 127. The molecule has 1 heterocycles. The Labute approximate surface area is 148 Å². The first-order chi connectivity index (χ1) is 11.2. The van der Waals surface area contributed by atoms with E-state index in [1.54, 1.807) is 0 Å². The summed E-state index contributed by atoms with van der Waals surface area (Å²) in [4.78, 5) is 0. The second-order valence-corrected chi connectivity index (χ2v) is 8.60. The summed E-state index contributed by atoms with van der Waals surface area (Å²) in [6, 6.07) is 9.08. The van der Waals surface area contributed by atoms with Gasteiger partial charge >= 0.3 is 0 Å². The molecule has 0 atom stereocenters. The van der Waals surface area contributed by atoms with Gasteiger partial charge in [0.15, 0.2) is 0 Å². The molecule has 0 saturated heterocycles.